The number of nitrogens with zero attached hydrogens (tertiary/aromatic N) is 5. The van der Waals surface area contributed by atoms with Crippen LogP contribution in [0.5, 0.6) is 0 Å². The van der Waals surface area contributed by atoms with Crippen LogP contribution in [0, 0.1) is 6.92 Å². The molecule has 2 aromatic carbocycles. The lowest BCUT2D eigenvalue weighted by molar-refractivity contribution is 0.102. The molecule has 2 aromatic heterocycles. The highest BCUT2D eigenvalue weighted by Crippen LogP contribution is 2.25. The maximum Gasteiger partial charge on any atom is 0.257 e. The molecule has 8 heteroatoms. The molecule has 0 radical (unpaired) electrons. The summed E-state index contributed by atoms with van der Waals surface area (Å²) in [4.78, 5) is 17.0. The van der Waals surface area contributed by atoms with Crippen LogP contribution in [-0.4, -0.2) is 30.3 Å². The van der Waals surface area contributed by atoms with Gasteiger partial charge in [-0.15, -0.1) is 5.10 Å². The van der Waals surface area contributed by atoms with Crippen molar-refractivity contribution >= 4 is 22.6 Å². The normalized spacial score (nSPS) is 11.5. The summed E-state index contributed by atoms with van der Waals surface area (Å²) in [6.45, 7) is 8.33. The number of hydrogen-bond donors (Lipinski definition) is 1. The van der Waals surface area contributed by atoms with Crippen LogP contribution in [-0.2, 0) is 5.41 Å². The van der Waals surface area contributed by atoms with Crippen LogP contribution in [0.4, 0.5) is 5.13 Å². The van der Waals surface area contributed by atoms with E-state index in [-0.39, 0.29) is 11.3 Å². The van der Waals surface area contributed by atoms with E-state index in [1.54, 1.807) is 4.68 Å². The number of amides is 1. The minimum atomic E-state index is -0.220. The van der Waals surface area contributed by atoms with Gasteiger partial charge in [0, 0.05) is 17.1 Å². The second kappa shape index (κ2) is 7.79. The molecule has 152 valence electrons. The summed E-state index contributed by atoms with van der Waals surface area (Å²) in [5.74, 6) is 0.223. The molecule has 2 heterocycles. The SMILES string of the molecule is Cc1c(-c2nsc(NC(=O)c3ccc(C(C)(C)C)cc3)n2)nnn1-c1ccccc1. The molecule has 0 spiro atoms. The zero-order valence-corrected chi connectivity index (χ0v) is 18.1. The van der Waals surface area contributed by atoms with E-state index >= 15 is 0 Å². The third-order valence-electron chi connectivity index (χ3n) is 4.77. The van der Waals surface area contributed by atoms with E-state index in [0.29, 0.717) is 22.2 Å². The third kappa shape index (κ3) is 3.99. The Morgan fingerprint density at radius 2 is 1.73 bits per heavy atom. The quantitative estimate of drug-likeness (QED) is 0.522. The molecule has 0 saturated carbocycles. The van der Waals surface area contributed by atoms with Crippen molar-refractivity contribution in [3.8, 4) is 17.2 Å². The predicted molar refractivity (Wildman–Crippen MR) is 118 cm³/mol. The number of benzene rings is 2. The molecule has 1 amide bonds. The predicted octanol–water partition coefficient (Wildman–Crippen LogP) is 4.64. The molecule has 30 heavy (non-hydrogen) atoms. The Balaban J connectivity index is 1.51. The summed E-state index contributed by atoms with van der Waals surface area (Å²) < 4.78 is 6.09. The van der Waals surface area contributed by atoms with Crippen molar-refractivity contribution in [3.63, 3.8) is 0 Å². The summed E-state index contributed by atoms with van der Waals surface area (Å²) in [5, 5.41) is 11.7. The summed E-state index contributed by atoms with van der Waals surface area (Å²) in [6.07, 6.45) is 0. The molecule has 0 aliphatic heterocycles. The number of carbonyl (C=O) groups is 1. The van der Waals surface area contributed by atoms with Crippen LogP contribution in [0.15, 0.2) is 54.6 Å². The summed E-state index contributed by atoms with van der Waals surface area (Å²) in [7, 11) is 0. The Morgan fingerprint density at radius 1 is 1.03 bits per heavy atom. The molecule has 0 aliphatic carbocycles. The molecule has 4 rings (SSSR count). The van der Waals surface area contributed by atoms with Crippen LogP contribution >= 0.6 is 11.5 Å². The monoisotopic (exact) mass is 418 g/mol. The van der Waals surface area contributed by atoms with Crippen molar-refractivity contribution in [3.05, 3.63) is 71.4 Å². The van der Waals surface area contributed by atoms with Gasteiger partial charge in [-0.3, -0.25) is 10.1 Å². The molecular formula is C22H22N6OS. The van der Waals surface area contributed by atoms with E-state index < -0.39 is 0 Å². The highest BCUT2D eigenvalue weighted by molar-refractivity contribution is 7.10. The van der Waals surface area contributed by atoms with Gasteiger partial charge in [-0.1, -0.05) is 56.3 Å². The van der Waals surface area contributed by atoms with E-state index in [0.717, 1.165) is 22.9 Å². The van der Waals surface area contributed by atoms with Crippen molar-refractivity contribution in [2.24, 2.45) is 0 Å². The number of nitrogens with one attached hydrogen (secondary N) is 1. The summed E-state index contributed by atoms with van der Waals surface area (Å²) in [6, 6.07) is 17.4. The lowest BCUT2D eigenvalue weighted by atomic mass is 9.87. The highest BCUT2D eigenvalue weighted by atomic mass is 32.1. The van der Waals surface area contributed by atoms with Gasteiger partial charge in [0.1, 0.15) is 0 Å². The number of aromatic nitrogens is 5. The topological polar surface area (TPSA) is 85.6 Å². The number of hydrogen-bond acceptors (Lipinski definition) is 6. The fourth-order valence-electron chi connectivity index (χ4n) is 3.01. The minimum Gasteiger partial charge on any atom is -0.297 e. The average molecular weight is 419 g/mol. The van der Waals surface area contributed by atoms with E-state index in [9.17, 15) is 4.79 Å². The molecule has 0 saturated heterocycles. The van der Waals surface area contributed by atoms with Crippen molar-refractivity contribution < 1.29 is 4.79 Å². The molecule has 0 atom stereocenters. The number of rotatable bonds is 4. The molecular weight excluding hydrogens is 396 g/mol. The molecule has 0 fully saturated rings. The van der Waals surface area contributed by atoms with Crippen LogP contribution in [0.25, 0.3) is 17.2 Å². The standard InChI is InChI=1S/C22H22N6OS/c1-14-18(25-27-28(14)17-8-6-5-7-9-17)19-23-21(30-26-19)24-20(29)15-10-12-16(13-11-15)22(2,3)4/h5-13H,1-4H3,(H,23,24,26,29). The van der Waals surface area contributed by atoms with Crippen molar-refractivity contribution in [2.75, 3.05) is 5.32 Å². The number of carbonyl (C=O) groups excluding carboxylic acids is 1. The van der Waals surface area contributed by atoms with Gasteiger partial charge >= 0.3 is 0 Å². The van der Waals surface area contributed by atoms with Crippen LogP contribution in [0.2, 0.25) is 0 Å². The van der Waals surface area contributed by atoms with Gasteiger partial charge in [0.05, 0.1) is 11.4 Å². The second-order valence-electron chi connectivity index (χ2n) is 7.98. The van der Waals surface area contributed by atoms with Gasteiger partial charge in [-0.05, 0) is 42.2 Å². The average Bonchev–Trinajstić information content (AvgIpc) is 3.34. The van der Waals surface area contributed by atoms with Gasteiger partial charge in [0.25, 0.3) is 5.91 Å². The van der Waals surface area contributed by atoms with Crippen molar-refractivity contribution in [1.82, 2.24) is 24.4 Å². The van der Waals surface area contributed by atoms with E-state index in [1.807, 2.05) is 61.5 Å². The molecule has 0 unspecified atom stereocenters. The molecule has 4 aromatic rings. The minimum absolute atomic E-state index is 0.0399. The first-order chi connectivity index (χ1) is 14.3. The Hall–Kier alpha value is -3.39. The largest absolute Gasteiger partial charge is 0.297 e. The smallest absolute Gasteiger partial charge is 0.257 e. The lowest BCUT2D eigenvalue weighted by Crippen LogP contribution is -2.14. The Bertz CT molecular complexity index is 1170. The molecule has 0 bridgehead atoms. The molecule has 7 nitrogen and oxygen atoms in total. The van der Waals surface area contributed by atoms with Gasteiger partial charge < -0.3 is 0 Å². The van der Waals surface area contributed by atoms with Crippen LogP contribution in [0.1, 0.15) is 42.4 Å². The van der Waals surface area contributed by atoms with E-state index in [4.69, 9.17) is 0 Å². The first kappa shape index (κ1) is 19.9. The van der Waals surface area contributed by atoms with Gasteiger partial charge in [0.15, 0.2) is 11.5 Å². The number of para-hydroxylation sites is 1. The highest BCUT2D eigenvalue weighted by Gasteiger charge is 2.18. The van der Waals surface area contributed by atoms with Crippen LogP contribution in [0.3, 0.4) is 0 Å². The van der Waals surface area contributed by atoms with Gasteiger partial charge in [-0.25, -0.2) is 4.68 Å². The first-order valence-electron chi connectivity index (χ1n) is 9.56. The maximum atomic E-state index is 12.6. The second-order valence-corrected chi connectivity index (χ2v) is 8.73. The summed E-state index contributed by atoms with van der Waals surface area (Å²) >= 11 is 1.12. The molecule has 0 aliphatic rings. The first-order valence-corrected chi connectivity index (χ1v) is 10.3. The molecule has 1 N–H and O–H groups in total. The fraction of sp³-hybridized carbons (Fsp3) is 0.227. The van der Waals surface area contributed by atoms with E-state index in [1.165, 1.54) is 5.56 Å². The zero-order valence-electron chi connectivity index (χ0n) is 17.2. The Morgan fingerprint density at radius 3 is 2.40 bits per heavy atom. The Labute approximate surface area is 179 Å². The van der Waals surface area contributed by atoms with Crippen LogP contribution < -0.4 is 5.32 Å². The third-order valence-corrected chi connectivity index (χ3v) is 5.40. The number of anilines is 1. The summed E-state index contributed by atoms with van der Waals surface area (Å²) in [5.41, 5.74) is 4.12. The van der Waals surface area contributed by atoms with Crippen molar-refractivity contribution in [1.29, 1.82) is 0 Å². The maximum absolute atomic E-state index is 12.6. The van der Waals surface area contributed by atoms with Crippen molar-refractivity contribution in [2.45, 2.75) is 33.1 Å². The van der Waals surface area contributed by atoms with E-state index in [2.05, 4.69) is 45.8 Å². The lowest BCUT2D eigenvalue weighted by Gasteiger charge is -2.18. The fourth-order valence-corrected chi connectivity index (χ4v) is 3.58. The Kier molecular flexibility index (Phi) is 5.17. The zero-order chi connectivity index (χ0) is 21.3. The van der Waals surface area contributed by atoms with Gasteiger partial charge in [-0.2, -0.15) is 9.36 Å². The van der Waals surface area contributed by atoms with Gasteiger partial charge in [0.2, 0.25) is 5.13 Å².